The molecule has 1 amide bonds. The van der Waals surface area contributed by atoms with Crippen LogP contribution in [0, 0.1) is 5.92 Å². The first-order chi connectivity index (χ1) is 11.4. The summed E-state index contributed by atoms with van der Waals surface area (Å²) in [7, 11) is -4.27. The zero-order chi connectivity index (χ0) is 19.0. The van der Waals surface area contributed by atoms with Gasteiger partial charge in [-0.2, -0.15) is 13.2 Å². The van der Waals surface area contributed by atoms with Crippen molar-refractivity contribution in [3.05, 3.63) is 35.4 Å². The van der Waals surface area contributed by atoms with Gasteiger partial charge in [0.05, 0.1) is 17.4 Å². The number of hydrogen-bond acceptors (Lipinski definition) is 4. The molecular weight excluding hydrogens is 359 g/mol. The summed E-state index contributed by atoms with van der Waals surface area (Å²) >= 11 is 0. The highest BCUT2D eigenvalue weighted by atomic mass is 32.2. The summed E-state index contributed by atoms with van der Waals surface area (Å²) < 4.78 is 63.1. The summed E-state index contributed by atoms with van der Waals surface area (Å²) in [6.45, 7) is 3.65. The van der Waals surface area contributed by atoms with Crippen molar-refractivity contribution in [2.75, 3.05) is 0 Å². The van der Waals surface area contributed by atoms with Crippen LogP contribution in [0.1, 0.15) is 31.4 Å². The molecule has 1 fully saturated rings. The molecule has 25 heavy (non-hydrogen) atoms. The van der Waals surface area contributed by atoms with Crippen LogP contribution in [-0.4, -0.2) is 31.4 Å². The van der Waals surface area contributed by atoms with Crippen molar-refractivity contribution in [1.82, 2.24) is 5.32 Å². The van der Waals surface area contributed by atoms with Crippen LogP contribution in [0.2, 0.25) is 0 Å². The predicted octanol–water partition coefficient (Wildman–Crippen LogP) is 2.10. The average molecular weight is 377 g/mol. The van der Waals surface area contributed by atoms with E-state index >= 15 is 0 Å². The first-order valence-corrected chi connectivity index (χ1v) is 9.35. The van der Waals surface area contributed by atoms with Crippen molar-refractivity contribution < 1.29 is 31.2 Å². The van der Waals surface area contributed by atoms with E-state index in [0.29, 0.717) is 12.5 Å². The smallest absolute Gasteiger partial charge is 0.345 e. The van der Waals surface area contributed by atoms with Gasteiger partial charge in [0.15, 0.2) is 20.9 Å². The molecule has 0 saturated carbocycles. The Morgan fingerprint density at radius 1 is 1.20 bits per heavy atom. The minimum atomic E-state index is -4.61. The van der Waals surface area contributed by atoms with Crippen molar-refractivity contribution in [2.24, 2.45) is 5.92 Å². The highest BCUT2D eigenvalue weighted by Gasteiger charge is 2.48. The summed E-state index contributed by atoms with van der Waals surface area (Å²) in [5.74, 6) is -2.40. The fraction of sp³-hybridized carbons (Fsp3) is 0.500. The molecule has 2 atom stereocenters. The molecule has 0 radical (unpaired) electrons. The molecule has 1 aromatic rings. The molecule has 0 spiro atoms. The van der Waals surface area contributed by atoms with Gasteiger partial charge in [-0.05, 0) is 24.0 Å². The summed E-state index contributed by atoms with van der Waals surface area (Å²) in [5, 5.41) is 0.495. The Balaban J connectivity index is 2.25. The monoisotopic (exact) mass is 377 g/mol. The standard InChI is InChI=1S/C16H18F3NO4S/c1-9(2)6-12-13(21)14(15(22)20-12)25(23,24)8-10-4-3-5-11(7-10)16(17,18)19/h3-5,7,9,12,14H,6,8H2,1-2H3,(H,20,22). The van der Waals surface area contributed by atoms with Crippen LogP contribution >= 0.6 is 0 Å². The Hall–Kier alpha value is -1.90. The number of ketones is 1. The van der Waals surface area contributed by atoms with Crippen LogP contribution in [0.25, 0.3) is 0 Å². The maximum Gasteiger partial charge on any atom is 0.416 e. The normalized spacial score (nSPS) is 21.7. The maximum atomic E-state index is 12.7. The number of halogens is 3. The van der Waals surface area contributed by atoms with Crippen molar-refractivity contribution in [3.63, 3.8) is 0 Å². The Kier molecular flexibility index (Phi) is 5.27. The maximum absolute atomic E-state index is 12.7. The molecule has 1 heterocycles. The fourth-order valence-electron chi connectivity index (χ4n) is 2.77. The SMILES string of the molecule is CC(C)CC1NC(=O)C(S(=O)(=O)Cc2cccc(C(F)(F)F)c2)C1=O. The molecule has 138 valence electrons. The van der Waals surface area contributed by atoms with Gasteiger partial charge in [-0.15, -0.1) is 0 Å². The number of benzene rings is 1. The van der Waals surface area contributed by atoms with Crippen molar-refractivity contribution >= 4 is 21.5 Å². The summed E-state index contributed by atoms with van der Waals surface area (Å²) in [6, 6.07) is 2.96. The van der Waals surface area contributed by atoms with E-state index in [9.17, 15) is 31.2 Å². The lowest BCUT2D eigenvalue weighted by Gasteiger charge is -2.12. The van der Waals surface area contributed by atoms with Crippen molar-refractivity contribution in [3.8, 4) is 0 Å². The molecule has 1 aromatic carbocycles. The van der Waals surface area contributed by atoms with Gasteiger partial charge >= 0.3 is 6.18 Å². The second-order valence-electron chi connectivity index (χ2n) is 6.48. The van der Waals surface area contributed by atoms with Crippen molar-refractivity contribution in [2.45, 2.75) is 43.5 Å². The fourth-order valence-corrected chi connectivity index (χ4v) is 4.49. The number of alkyl halides is 3. The number of amides is 1. The molecule has 0 bridgehead atoms. The highest BCUT2D eigenvalue weighted by molar-refractivity contribution is 7.92. The number of carbonyl (C=O) groups excluding carboxylic acids is 2. The van der Waals surface area contributed by atoms with Crippen LogP contribution in [0.15, 0.2) is 24.3 Å². The average Bonchev–Trinajstić information content (AvgIpc) is 2.72. The molecule has 1 saturated heterocycles. The minimum Gasteiger partial charge on any atom is -0.345 e. The number of sulfone groups is 1. The van der Waals surface area contributed by atoms with E-state index in [1.54, 1.807) is 0 Å². The third-order valence-electron chi connectivity index (χ3n) is 3.84. The topological polar surface area (TPSA) is 80.3 Å². The molecule has 1 aliphatic heterocycles. The Labute approximate surface area is 143 Å². The molecular formula is C16H18F3NO4S. The van der Waals surface area contributed by atoms with Crippen LogP contribution in [0.4, 0.5) is 13.2 Å². The zero-order valence-corrected chi connectivity index (χ0v) is 14.4. The Morgan fingerprint density at radius 2 is 1.84 bits per heavy atom. The molecule has 5 nitrogen and oxygen atoms in total. The predicted molar refractivity (Wildman–Crippen MR) is 84.2 cm³/mol. The molecule has 2 rings (SSSR count). The van der Waals surface area contributed by atoms with Gasteiger partial charge in [0.2, 0.25) is 5.91 Å². The zero-order valence-electron chi connectivity index (χ0n) is 13.6. The second-order valence-corrected chi connectivity index (χ2v) is 8.56. The van der Waals surface area contributed by atoms with Crippen molar-refractivity contribution in [1.29, 1.82) is 0 Å². The van der Waals surface area contributed by atoms with E-state index in [1.165, 1.54) is 6.07 Å². The van der Waals surface area contributed by atoms with Gasteiger partial charge in [0.25, 0.3) is 0 Å². The third-order valence-corrected chi connectivity index (χ3v) is 5.75. The number of carbonyl (C=O) groups is 2. The summed E-state index contributed by atoms with van der Waals surface area (Å²) in [4.78, 5) is 24.2. The van der Waals surface area contributed by atoms with Gasteiger partial charge in [-0.1, -0.05) is 32.0 Å². The summed E-state index contributed by atoms with van der Waals surface area (Å²) in [6.07, 6.45) is -4.30. The van der Waals surface area contributed by atoms with E-state index in [0.717, 1.165) is 12.1 Å². The largest absolute Gasteiger partial charge is 0.416 e. The molecule has 1 aliphatic rings. The van der Waals surface area contributed by atoms with E-state index < -0.39 is 50.3 Å². The molecule has 2 unspecified atom stereocenters. The minimum absolute atomic E-state index is 0.0687. The first-order valence-electron chi connectivity index (χ1n) is 7.63. The highest BCUT2D eigenvalue weighted by Crippen LogP contribution is 2.30. The number of nitrogens with one attached hydrogen (secondary N) is 1. The molecule has 9 heteroatoms. The number of hydrogen-bond donors (Lipinski definition) is 1. The molecule has 0 aromatic heterocycles. The van der Waals surface area contributed by atoms with E-state index in [4.69, 9.17) is 0 Å². The summed E-state index contributed by atoms with van der Waals surface area (Å²) in [5.41, 5.74) is -1.11. The van der Waals surface area contributed by atoms with Crippen LogP contribution in [0.5, 0.6) is 0 Å². The van der Waals surface area contributed by atoms with Gasteiger partial charge in [-0.25, -0.2) is 8.42 Å². The lowest BCUT2D eigenvalue weighted by Crippen LogP contribution is -2.35. The Bertz CT molecular complexity index is 787. The molecule has 1 N–H and O–H groups in total. The van der Waals surface area contributed by atoms with Gasteiger partial charge in [0.1, 0.15) is 0 Å². The van der Waals surface area contributed by atoms with Gasteiger partial charge < -0.3 is 5.32 Å². The van der Waals surface area contributed by atoms with Gasteiger partial charge in [0, 0.05) is 0 Å². The van der Waals surface area contributed by atoms with E-state index in [1.807, 2.05) is 13.8 Å². The lowest BCUT2D eigenvalue weighted by molar-refractivity contribution is -0.137. The Morgan fingerprint density at radius 3 is 2.40 bits per heavy atom. The number of Topliss-reactive ketones (excluding diaryl/α,β-unsaturated/α-hetero) is 1. The van der Waals surface area contributed by atoms with E-state index in [2.05, 4.69) is 5.32 Å². The van der Waals surface area contributed by atoms with Crippen LogP contribution in [-0.2, 0) is 31.4 Å². The number of rotatable bonds is 5. The van der Waals surface area contributed by atoms with Crippen LogP contribution < -0.4 is 5.32 Å². The first kappa shape index (κ1) is 19.4. The lowest BCUT2D eigenvalue weighted by atomic mass is 10.0. The third kappa shape index (κ3) is 4.39. The van der Waals surface area contributed by atoms with Gasteiger partial charge in [-0.3, -0.25) is 9.59 Å². The second kappa shape index (κ2) is 6.78. The quantitative estimate of drug-likeness (QED) is 0.797. The van der Waals surface area contributed by atoms with E-state index in [-0.39, 0.29) is 11.5 Å². The molecule has 0 aliphatic carbocycles. The van der Waals surface area contributed by atoms with Crippen LogP contribution in [0.3, 0.4) is 0 Å².